The third kappa shape index (κ3) is 25.3. The molecule has 3 atom stereocenters. The van der Waals surface area contributed by atoms with Gasteiger partial charge in [0.25, 0.3) is 0 Å². The van der Waals surface area contributed by atoms with Gasteiger partial charge in [0, 0.05) is 0 Å². The molecule has 0 radical (unpaired) electrons. The molecule has 3 unspecified atom stereocenters. The van der Waals surface area contributed by atoms with E-state index in [0.717, 1.165) is 51.4 Å². The number of aliphatic hydroxyl groups is 3. The van der Waals surface area contributed by atoms with Crippen LogP contribution in [0.3, 0.4) is 0 Å². The van der Waals surface area contributed by atoms with Gasteiger partial charge in [-0.1, -0.05) is 147 Å². The van der Waals surface area contributed by atoms with E-state index >= 15 is 0 Å². The van der Waals surface area contributed by atoms with Crippen LogP contribution < -0.4 is 5.32 Å². The maximum Gasteiger partial charge on any atom is 0.249 e. The number of rotatable bonds is 28. The van der Waals surface area contributed by atoms with Crippen LogP contribution in [0.25, 0.3) is 0 Å². The van der Waals surface area contributed by atoms with Crippen LogP contribution in [-0.4, -0.2) is 46.1 Å². The molecular weight excluding hydrogens is 486 g/mol. The van der Waals surface area contributed by atoms with E-state index in [1.807, 2.05) is 6.08 Å². The van der Waals surface area contributed by atoms with Crippen LogP contribution in [-0.2, 0) is 4.79 Å². The maximum atomic E-state index is 12.3. The zero-order valence-electron chi connectivity index (χ0n) is 25.5. The highest BCUT2D eigenvalue weighted by Crippen LogP contribution is 2.14. The molecule has 0 aliphatic carbocycles. The van der Waals surface area contributed by atoms with Gasteiger partial charge in [-0.25, -0.2) is 0 Å². The fourth-order valence-electron chi connectivity index (χ4n) is 4.63. The van der Waals surface area contributed by atoms with E-state index in [1.165, 1.54) is 77.0 Å². The van der Waals surface area contributed by atoms with Crippen LogP contribution in [0.2, 0.25) is 0 Å². The lowest BCUT2D eigenvalue weighted by Crippen LogP contribution is -2.48. The molecule has 0 saturated carbocycles. The topological polar surface area (TPSA) is 89.8 Å². The molecule has 0 aromatic carbocycles. The van der Waals surface area contributed by atoms with Crippen molar-refractivity contribution in [3.05, 3.63) is 36.5 Å². The Bertz CT molecular complexity index is 616. The first-order chi connectivity index (χ1) is 19.1. The van der Waals surface area contributed by atoms with E-state index < -0.39 is 24.2 Å². The minimum Gasteiger partial charge on any atom is -0.394 e. The fraction of sp³-hybridized carbons (Fsp3) is 0.794. The van der Waals surface area contributed by atoms with Crippen molar-refractivity contribution >= 4 is 5.91 Å². The number of nitrogens with one attached hydrogen (secondary N) is 1. The molecule has 5 heteroatoms. The summed E-state index contributed by atoms with van der Waals surface area (Å²) >= 11 is 0. The largest absolute Gasteiger partial charge is 0.394 e. The first-order valence-electron chi connectivity index (χ1n) is 16.3. The average molecular weight is 550 g/mol. The Hall–Kier alpha value is -1.43. The predicted octanol–water partition coefficient (Wildman–Crippen LogP) is 8.09. The number of unbranched alkanes of at least 4 members (excludes halogenated alkanes) is 16. The Morgan fingerprint density at radius 1 is 0.641 bits per heavy atom. The molecule has 0 aromatic heterocycles. The average Bonchev–Trinajstić information content (AvgIpc) is 2.94. The van der Waals surface area contributed by atoms with Gasteiger partial charge in [0.15, 0.2) is 0 Å². The molecule has 0 aliphatic heterocycles. The Labute approximate surface area is 241 Å². The Morgan fingerprint density at radius 3 is 1.54 bits per heavy atom. The van der Waals surface area contributed by atoms with Crippen molar-refractivity contribution < 1.29 is 20.1 Å². The molecule has 4 N–H and O–H groups in total. The SMILES string of the molecule is CC/C=C/CC/C=C/CC/C=C/C(O)C(CO)NC(=O)C(O)CCCCCCCCCCCCCCCCC. The summed E-state index contributed by atoms with van der Waals surface area (Å²) in [6.07, 6.45) is 34.5. The van der Waals surface area contributed by atoms with Crippen LogP contribution in [0.4, 0.5) is 0 Å². The van der Waals surface area contributed by atoms with Gasteiger partial charge in [-0.3, -0.25) is 4.79 Å². The molecule has 0 heterocycles. The van der Waals surface area contributed by atoms with E-state index in [0.29, 0.717) is 6.42 Å². The minimum absolute atomic E-state index is 0.381. The smallest absolute Gasteiger partial charge is 0.249 e. The molecule has 39 heavy (non-hydrogen) atoms. The van der Waals surface area contributed by atoms with Crippen molar-refractivity contribution in [2.24, 2.45) is 0 Å². The number of hydrogen-bond donors (Lipinski definition) is 4. The fourth-order valence-corrected chi connectivity index (χ4v) is 4.63. The zero-order chi connectivity index (χ0) is 28.8. The molecule has 0 fully saturated rings. The van der Waals surface area contributed by atoms with Crippen molar-refractivity contribution in [3.63, 3.8) is 0 Å². The van der Waals surface area contributed by atoms with Gasteiger partial charge in [-0.05, 0) is 38.5 Å². The van der Waals surface area contributed by atoms with Crippen LogP contribution in [0.15, 0.2) is 36.5 Å². The second kappa shape index (κ2) is 29.6. The maximum absolute atomic E-state index is 12.3. The highest BCUT2D eigenvalue weighted by atomic mass is 16.3. The summed E-state index contributed by atoms with van der Waals surface area (Å²) in [7, 11) is 0. The third-order valence-electron chi connectivity index (χ3n) is 7.22. The number of carbonyl (C=O) groups is 1. The van der Waals surface area contributed by atoms with Crippen molar-refractivity contribution in [2.75, 3.05) is 6.61 Å². The van der Waals surface area contributed by atoms with Crippen LogP contribution in [0.1, 0.15) is 149 Å². The van der Waals surface area contributed by atoms with E-state index in [1.54, 1.807) is 6.08 Å². The third-order valence-corrected chi connectivity index (χ3v) is 7.22. The Morgan fingerprint density at radius 2 is 1.08 bits per heavy atom. The second-order valence-electron chi connectivity index (χ2n) is 11.0. The zero-order valence-corrected chi connectivity index (χ0v) is 25.5. The summed E-state index contributed by atoms with van der Waals surface area (Å²) in [5, 5.41) is 32.7. The highest BCUT2D eigenvalue weighted by Gasteiger charge is 2.22. The summed E-state index contributed by atoms with van der Waals surface area (Å²) in [6.45, 7) is 4.01. The monoisotopic (exact) mass is 549 g/mol. The lowest BCUT2D eigenvalue weighted by molar-refractivity contribution is -0.131. The molecule has 0 saturated heterocycles. The van der Waals surface area contributed by atoms with Crippen molar-refractivity contribution in [2.45, 2.75) is 167 Å². The van der Waals surface area contributed by atoms with Gasteiger partial charge in [0.2, 0.25) is 5.91 Å². The van der Waals surface area contributed by atoms with Gasteiger partial charge >= 0.3 is 0 Å². The van der Waals surface area contributed by atoms with Crippen LogP contribution >= 0.6 is 0 Å². The summed E-state index contributed by atoms with van der Waals surface area (Å²) in [4.78, 5) is 12.3. The van der Waals surface area contributed by atoms with Gasteiger partial charge in [-0.2, -0.15) is 0 Å². The quantitative estimate of drug-likeness (QED) is 0.0586. The summed E-state index contributed by atoms with van der Waals surface area (Å²) < 4.78 is 0. The molecule has 5 nitrogen and oxygen atoms in total. The van der Waals surface area contributed by atoms with Crippen LogP contribution in [0, 0.1) is 0 Å². The number of amides is 1. The van der Waals surface area contributed by atoms with Crippen molar-refractivity contribution in [1.29, 1.82) is 0 Å². The van der Waals surface area contributed by atoms with Gasteiger partial charge in [0.1, 0.15) is 6.10 Å². The van der Waals surface area contributed by atoms with Crippen molar-refractivity contribution in [1.82, 2.24) is 5.32 Å². The lowest BCUT2D eigenvalue weighted by atomic mass is 10.0. The van der Waals surface area contributed by atoms with E-state index in [-0.39, 0.29) is 6.61 Å². The molecule has 1 amide bonds. The first-order valence-corrected chi connectivity index (χ1v) is 16.3. The normalized spacial score (nSPS) is 14.5. The number of aliphatic hydroxyl groups excluding tert-OH is 3. The molecule has 228 valence electrons. The summed E-state index contributed by atoms with van der Waals surface area (Å²) in [5.74, 6) is -0.521. The van der Waals surface area contributed by atoms with Crippen molar-refractivity contribution in [3.8, 4) is 0 Å². The molecule has 0 spiro atoms. The number of allylic oxidation sites excluding steroid dienone is 5. The van der Waals surface area contributed by atoms with E-state index in [9.17, 15) is 20.1 Å². The van der Waals surface area contributed by atoms with Crippen LogP contribution in [0.5, 0.6) is 0 Å². The molecular formula is C34H63NO4. The molecule has 0 bridgehead atoms. The van der Waals surface area contributed by atoms with Gasteiger partial charge in [0.05, 0.1) is 18.8 Å². The summed E-state index contributed by atoms with van der Waals surface area (Å²) in [5.41, 5.74) is 0. The lowest BCUT2D eigenvalue weighted by Gasteiger charge is -2.21. The predicted molar refractivity (Wildman–Crippen MR) is 167 cm³/mol. The number of hydrogen-bond acceptors (Lipinski definition) is 4. The van der Waals surface area contributed by atoms with Gasteiger partial charge < -0.3 is 20.6 Å². The Balaban J connectivity index is 3.81. The number of carbonyl (C=O) groups excluding carboxylic acids is 1. The second-order valence-corrected chi connectivity index (χ2v) is 11.0. The Kier molecular flexibility index (Phi) is 28.5. The molecule has 0 rings (SSSR count). The van der Waals surface area contributed by atoms with E-state index in [2.05, 4.69) is 43.5 Å². The first kappa shape index (κ1) is 37.6. The highest BCUT2D eigenvalue weighted by molar-refractivity contribution is 5.80. The summed E-state index contributed by atoms with van der Waals surface area (Å²) in [6, 6.07) is -0.814. The van der Waals surface area contributed by atoms with Gasteiger partial charge in [-0.15, -0.1) is 0 Å². The molecule has 0 aliphatic rings. The van der Waals surface area contributed by atoms with E-state index in [4.69, 9.17) is 0 Å². The minimum atomic E-state index is -1.10. The standard InChI is InChI=1S/C34H63NO4/c1-3-5-7-9-11-13-15-16-17-18-19-21-23-25-27-29-33(38)34(39)35-31(30-36)32(37)28-26-24-22-20-14-12-10-8-6-4-2/h6,8,14,20,26,28,31-33,36-38H,3-5,7,9-13,15-19,21-25,27,29-30H2,1-2H3,(H,35,39)/b8-6+,20-14+,28-26+. The molecule has 0 aromatic rings.